The Kier molecular flexibility index (Phi) is 5.14. The van der Waals surface area contributed by atoms with Gasteiger partial charge in [0.05, 0.1) is 5.69 Å². The highest BCUT2D eigenvalue weighted by Crippen LogP contribution is 2.31. The molecule has 3 aromatic rings. The molecule has 134 valence electrons. The normalized spacial score (nSPS) is 11.0. The van der Waals surface area contributed by atoms with E-state index in [-0.39, 0.29) is 21.1 Å². The molecule has 0 saturated carbocycles. The van der Waals surface area contributed by atoms with Crippen LogP contribution in [0.4, 0.5) is 10.8 Å². The lowest BCUT2D eigenvalue weighted by Crippen LogP contribution is -2.13. The van der Waals surface area contributed by atoms with Gasteiger partial charge in [-0.15, -0.1) is 10.2 Å². The summed E-state index contributed by atoms with van der Waals surface area (Å²) in [4.78, 5) is 11.0. The van der Waals surface area contributed by atoms with Gasteiger partial charge in [-0.3, -0.25) is 9.52 Å². The molecule has 10 heteroatoms. The highest BCUT2D eigenvalue weighted by Gasteiger charge is 2.22. The van der Waals surface area contributed by atoms with E-state index < -0.39 is 10.0 Å². The van der Waals surface area contributed by atoms with Crippen LogP contribution >= 0.6 is 11.3 Å². The Labute approximate surface area is 153 Å². The van der Waals surface area contributed by atoms with Gasteiger partial charge in [-0.25, -0.2) is 0 Å². The van der Waals surface area contributed by atoms with Crippen LogP contribution in [-0.2, 0) is 14.8 Å². The number of hydrogen-bond acceptors (Lipinski definition) is 7. The standard InChI is InChI=1S/C16H14N4O4S2/c1-11(21)17-15-18-19-16(25-15)26(22,23)20-13-9-5-6-10-14(13)24-12-7-3-2-4-8-12/h2-10,20H,1H3,(H,17,18,21). The van der Waals surface area contributed by atoms with Crippen LogP contribution in [0.2, 0.25) is 0 Å². The third kappa shape index (κ3) is 4.35. The van der Waals surface area contributed by atoms with E-state index in [1.165, 1.54) is 6.92 Å². The first-order valence-corrected chi connectivity index (χ1v) is 9.70. The summed E-state index contributed by atoms with van der Waals surface area (Å²) in [6.45, 7) is 1.30. The zero-order valence-corrected chi connectivity index (χ0v) is 15.2. The Morgan fingerprint density at radius 2 is 1.73 bits per heavy atom. The summed E-state index contributed by atoms with van der Waals surface area (Å²) < 4.78 is 33.0. The zero-order valence-electron chi connectivity index (χ0n) is 13.5. The van der Waals surface area contributed by atoms with Gasteiger partial charge >= 0.3 is 0 Å². The van der Waals surface area contributed by atoms with E-state index in [9.17, 15) is 13.2 Å². The van der Waals surface area contributed by atoms with Crippen molar-refractivity contribution in [2.45, 2.75) is 11.3 Å². The van der Waals surface area contributed by atoms with Crippen molar-refractivity contribution in [3.63, 3.8) is 0 Å². The minimum absolute atomic E-state index is 0.103. The summed E-state index contributed by atoms with van der Waals surface area (Å²) >= 11 is 0.752. The van der Waals surface area contributed by atoms with Crippen molar-refractivity contribution < 1.29 is 17.9 Å². The maximum absolute atomic E-state index is 12.5. The monoisotopic (exact) mass is 390 g/mol. The highest BCUT2D eigenvalue weighted by molar-refractivity contribution is 7.94. The number of nitrogens with one attached hydrogen (secondary N) is 2. The van der Waals surface area contributed by atoms with Crippen molar-refractivity contribution >= 4 is 38.1 Å². The van der Waals surface area contributed by atoms with Crippen LogP contribution in [0.25, 0.3) is 0 Å². The average Bonchev–Trinajstić information content (AvgIpc) is 3.06. The Hall–Kier alpha value is -2.98. The lowest BCUT2D eigenvalue weighted by atomic mass is 10.3. The Bertz CT molecular complexity index is 1020. The minimum atomic E-state index is -3.98. The van der Waals surface area contributed by atoms with Crippen molar-refractivity contribution in [1.29, 1.82) is 0 Å². The number of hydrogen-bond donors (Lipinski definition) is 2. The lowest BCUT2D eigenvalue weighted by molar-refractivity contribution is -0.114. The van der Waals surface area contributed by atoms with Crippen LogP contribution in [-0.4, -0.2) is 24.5 Å². The number of anilines is 2. The number of amides is 1. The number of carbonyl (C=O) groups excluding carboxylic acids is 1. The summed E-state index contributed by atoms with van der Waals surface area (Å²) in [7, 11) is -3.98. The molecule has 0 atom stereocenters. The molecule has 0 bridgehead atoms. The first-order valence-electron chi connectivity index (χ1n) is 7.40. The number of rotatable bonds is 6. The van der Waals surface area contributed by atoms with E-state index in [0.29, 0.717) is 11.5 Å². The van der Waals surface area contributed by atoms with Crippen LogP contribution < -0.4 is 14.8 Å². The molecule has 0 unspecified atom stereocenters. The third-order valence-corrected chi connectivity index (χ3v) is 5.59. The van der Waals surface area contributed by atoms with Gasteiger partial charge in [-0.1, -0.05) is 41.7 Å². The fraction of sp³-hybridized carbons (Fsp3) is 0.0625. The maximum Gasteiger partial charge on any atom is 0.291 e. The molecule has 1 aromatic heterocycles. The zero-order chi connectivity index (χ0) is 18.6. The van der Waals surface area contributed by atoms with Crippen LogP contribution in [0, 0.1) is 0 Å². The SMILES string of the molecule is CC(=O)Nc1nnc(S(=O)(=O)Nc2ccccc2Oc2ccccc2)s1. The van der Waals surface area contributed by atoms with Gasteiger partial charge in [0.1, 0.15) is 5.75 Å². The molecule has 1 heterocycles. The molecular formula is C16H14N4O4S2. The van der Waals surface area contributed by atoms with Crippen molar-refractivity contribution in [3.05, 3.63) is 54.6 Å². The second-order valence-corrected chi connectivity index (χ2v) is 7.90. The van der Waals surface area contributed by atoms with Gasteiger partial charge in [0, 0.05) is 6.92 Å². The largest absolute Gasteiger partial charge is 0.455 e. The molecule has 0 saturated heterocycles. The first kappa shape index (κ1) is 17.8. The smallest absolute Gasteiger partial charge is 0.291 e. The number of para-hydroxylation sites is 3. The van der Waals surface area contributed by atoms with E-state index in [4.69, 9.17) is 4.74 Å². The fourth-order valence-corrected chi connectivity index (χ4v) is 3.98. The van der Waals surface area contributed by atoms with Crippen molar-refractivity contribution in [2.24, 2.45) is 0 Å². The molecule has 0 fully saturated rings. The van der Waals surface area contributed by atoms with Crippen LogP contribution in [0.15, 0.2) is 58.9 Å². The second kappa shape index (κ2) is 7.50. The number of aromatic nitrogens is 2. The number of benzene rings is 2. The molecule has 3 rings (SSSR count). The average molecular weight is 390 g/mol. The number of ether oxygens (including phenoxy) is 1. The van der Waals surface area contributed by atoms with E-state index in [1.807, 2.05) is 18.2 Å². The van der Waals surface area contributed by atoms with Gasteiger partial charge in [0.15, 0.2) is 5.75 Å². The fourth-order valence-electron chi connectivity index (χ4n) is 1.96. The first-order chi connectivity index (χ1) is 12.4. The van der Waals surface area contributed by atoms with Crippen LogP contribution in [0.3, 0.4) is 0 Å². The molecule has 2 aromatic carbocycles. The molecule has 2 N–H and O–H groups in total. The Morgan fingerprint density at radius 3 is 2.46 bits per heavy atom. The van der Waals surface area contributed by atoms with Crippen molar-refractivity contribution in [3.8, 4) is 11.5 Å². The van der Waals surface area contributed by atoms with Gasteiger partial charge in [0.25, 0.3) is 14.4 Å². The topological polar surface area (TPSA) is 110 Å². The summed E-state index contributed by atoms with van der Waals surface area (Å²) in [6, 6.07) is 15.6. The summed E-state index contributed by atoms with van der Waals surface area (Å²) in [6.07, 6.45) is 0. The van der Waals surface area contributed by atoms with Gasteiger partial charge in [-0.2, -0.15) is 8.42 Å². The summed E-state index contributed by atoms with van der Waals surface area (Å²) in [5, 5.41) is 9.75. The quantitative estimate of drug-likeness (QED) is 0.626. The Morgan fingerprint density at radius 1 is 1.04 bits per heavy atom. The Balaban J connectivity index is 1.84. The van der Waals surface area contributed by atoms with E-state index >= 15 is 0 Å². The number of nitrogens with zero attached hydrogens (tertiary/aromatic N) is 2. The second-order valence-electron chi connectivity index (χ2n) is 5.07. The van der Waals surface area contributed by atoms with Gasteiger partial charge in [0.2, 0.25) is 11.0 Å². The number of sulfonamides is 1. The van der Waals surface area contributed by atoms with Crippen molar-refractivity contribution in [2.75, 3.05) is 10.0 Å². The van der Waals surface area contributed by atoms with E-state index in [1.54, 1.807) is 36.4 Å². The lowest BCUT2D eigenvalue weighted by Gasteiger charge is -2.12. The van der Waals surface area contributed by atoms with Crippen LogP contribution in [0.1, 0.15) is 6.92 Å². The molecule has 0 aliphatic carbocycles. The molecular weight excluding hydrogens is 376 g/mol. The maximum atomic E-state index is 12.5. The predicted molar refractivity (Wildman–Crippen MR) is 98.0 cm³/mol. The molecule has 0 aliphatic heterocycles. The molecule has 26 heavy (non-hydrogen) atoms. The van der Waals surface area contributed by atoms with E-state index in [0.717, 1.165) is 11.3 Å². The number of carbonyl (C=O) groups is 1. The van der Waals surface area contributed by atoms with Gasteiger partial charge in [-0.05, 0) is 24.3 Å². The third-order valence-electron chi connectivity index (χ3n) is 3.02. The summed E-state index contributed by atoms with van der Waals surface area (Å²) in [5.41, 5.74) is 0.257. The molecule has 0 spiro atoms. The predicted octanol–water partition coefficient (Wildman–Crippen LogP) is 3.09. The summed E-state index contributed by atoms with van der Waals surface area (Å²) in [5.74, 6) is 0.552. The van der Waals surface area contributed by atoms with Crippen molar-refractivity contribution in [1.82, 2.24) is 10.2 Å². The molecule has 0 radical (unpaired) electrons. The van der Waals surface area contributed by atoms with Gasteiger partial charge < -0.3 is 10.1 Å². The molecule has 8 nitrogen and oxygen atoms in total. The van der Waals surface area contributed by atoms with Crippen LogP contribution in [0.5, 0.6) is 11.5 Å². The molecule has 1 amide bonds. The molecule has 0 aliphatic rings. The highest BCUT2D eigenvalue weighted by atomic mass is 32.2. The minimum Gasteiger partial charge on any atom is -0.455 e. The van der Waals surface area contributed by atoms with E-state index in [2.05, 4.69) is 20.2 Å².